The van der Waals surface area contributed by atoms with Crippen molar-refractivity contribution in [2.75, 3.05) is 18.7 Å². The molecule has 3 aromatic rings. The fourth-order valence-corrected chi connectivity index (χ4v) is 2.54. The SMILES string of the molecule is Cc1nccn1-c1ccc(NC(=O)COc2ccc3c(c2)OCO3)cn1. The predicted octanol–water partition coefficient (Wildman–Crippen LogP) is 2.32. The number of aromatic nitrogens is 3. The molecule has 1 amide bonds. The highest BCUT2D eigenvalue weighted by molar-refractivity contribution is 5.91. The fourth-order valence-electron chi connectivity index (χ4n) is 2.54. The number of pyridine rings is 1. The summed E-state index contributed by atoms with van der Waals surface area (Å²) in [6.07, 6.45) is 5.13. The van der Waals surface area contributed by atoms with Crippen molar-refractivity contribution in [1.82, 2.24) is 14.5 Å². The maximum absolute atomic E-state index is 12.1. The van der Waals surface area contributed by atoms with E-state index in [1.165, 1.54) is 0 Å². The minimum atomic E-state index is -0.281. The summed E-state index contributed by atoms with van der Waals surface area (Å²) in [6.45, 7) is 1.97. The summed E-state index contributed by atoms with van der Waals surface area (Å²) in [4.78, 5) is 20.5. The molecule has 0 radical (unpaired) electrons. The molecule has 0 atom stereocenters. The smallest absolute Gasteiger partial charge is 0.262 e. The van der Waals surface area contributed by atoms with Gasteiger partial charge < -0.3 is 19.5 Å². The van der Waals surface area contributed by atoms with Crippen molar-refractivity contribution in [2.45, 2.75) is 6.92 Å². The topological polar surface area (TPSA) is 87.5 Å². The van der Waals surface area contributed by atoms with Crippen LogP contribution in [0.2, 0.25) is 0 Å². The first-order valence-electron chi connectivity index (χ1n) is 7.98. The standard InChI is InChI=1S/C18H16N4O4/c1-12-19-6-7-22(12)17-5-2-13(9-20-17)21-18(23)10-24-14-3-4-15-16(8-14)26-11-25-15/h2-9H,10-11H2,1H3,(H,21,23). The van der Waals surface area contributed by atoms with Crippen LogP contribution in [0.25, 0.3) is 5.82 Å². The molecule has 1 aromatic carbocycles. The molecule has 0 saturated carbocycles. The van der Waals surface area contributed by atoms with Crippen LogP contribution in [-0.4, -0.2) is 33.8 Å². The van der Waals surface area contributed by atoms with E-state index in [-0.39, 0.29) is 19.3 Å². The van der Waals surface area contributed by atoms with Crippen molar-refractivity contribution in [1.29, 1.82) is 0 Å². The summed E-state index contributed by atoms with van der Waals surface area (Å²) < 4.78 is 17.8. The van der Waals surface area contributed by atoms with E-state index in [0.717, 1.165) is 11.6 Å². The molecule has 132 valence electrons. The molecule has 2 aromatic heterocycles. The Hall–Kier alpha value is -3.55. The molecule has 8 heteroatoms. The number of ether oxygens (including phenoxy) is 3. The number of hydrogen-bond acceptors (Lipinski definition) is 6. The summed E-state index contributed by atoms with van der Waals surface area (Å²) >= 11 is 0. The van der Waals surface area contributed by atoms with Gasteiger partial charge in [-0.15, -0.1) is 0 Å². The van der Waals surface area contributed by atoms with Gasteiger partial charge in [-0.05, 0) is 31.2 Å². The molecule has 0 fully saturated rings. The first kappa shape index (κ1) is 15.9. The van der Waals surface area contributed by atoms with Crippen molar-refractivity contribution in [3.05, 3.63) is 54.7 Å². The van der Waals surface area contributed by atoms with Crippen LogP contribution in [0.3, 0.4) is 0 Å². The number of nitrogens with zero attached hydrogens (tertiary/aromatic N) is 3. The fraction of sp³-hybridized carbons (Fsp3) is 0.167. The van der Waals surface area contributed by atoms with Crippen molar-refractivity contribution in [3.8, 4) is 23.1 Å². The van der Waals surface area contributed by atoms with Crippen LogP contribution in [-0.2, 0) is 4.79 Å². The second-order valence-electron chi connectivity index (χ2n) is 5.60. The number of anilines is 1. The minimum Gasteiger partial charge on any atom is -0.484 e. The molecular weight excluding hydrogens is 336 g/mol. The largest absolute Gasteiger partial charge is 0.484 e. The third-order valence-corrected chi connectivity index (χ3v) is 3.82. The van der Waals surface area contributed by atoms with E-state index in [9.17, 15) is 4.79 Å². The lowest BCUT2D eigenvalue weighted by Gasteiger charge is -2.09. The van der Waals surface area contributed by atoms with Crippen LogP contribution in [0.5, 0.6) is 17.2 Å². The Morgan fingerprint density at radius 3 is 2.88 bits per heavy atom. The van der Waals surface area contributed by atoms with E-state index in [4.69, 9.17) is 14.2 Å². The number of aryl methyl sites for hydroxylation is 1. The Balaban J connectivity index is 1.34. The first-order chi connectivity index (χ1) is 12.7. The molecule has 0 saturated heterocycles. The van der Waals surface area contributed by atoms with Gasteiger partial charge >= 0.3 is 0 Å². The van der Waals surface area contributed by atoms with Crippen LogP contribution in [0.4, 0.5) is 5.69 Å². The van der Waals surface area contributed by atoms with E-state index in [0.29, 0.717) is 22.9 Å². The normalized spacial score (nSPS) is 12.0. The molecule has 0 unspecified atom stereocenters. The van der Waals surface area contributed by atoms with E-state index in [1.54, 1.807) is 36.7 Å². The summed E-state index contributed by atoms with van der Waals surface area (Å²) in [5.41, 5.74) is 0.589. The Morgan fingerprint density at radius 2 is 2.12 bits per heavy atom. The predicted molar refractivity (Wildman–Crippen MR) is 92.8 cm³/mol. The highest BCUT2D eigenvalue weighted by Gasteiger charge is 2.14. The second-order valence-corrected chi connectivity index (χ2v) is 5.60. The van der Waals surface area contributed by atoms with Crippen LogP contribution < -0.4 is 19.5 Å². The van der Waals surface area contributed by atoms with Crippen molar-refractivity contribution >= 4 is 11.6 Å². The molecule has 0 aliphatic carbocycles. The average Bonchev–Trinajstić information content (AvgIpc) is 3.29. The van der Waals surface area contributed by atoms with Crippen molar-refractivity contribution in [2.24, 2.45) is 0 Å². The number of carbonyl (C=O) groups excluding carboxylic acids is 1. The van der Waals surface area contributed by atoms with Gasteiger partial charge in [0.05, 0.1) is 11.9 Å². The Morgan fingerprint density at radius 1 is 1.23 bits per heavy atom. The Labute approximate surface area is 149 Å². The molecule has 4 rings (SSSR count). The van der Waals surface area contributed by atoms with E-state index < -0.39 is 0 Å². The monoisotopic (exact) mass is 352 g/mol. The lowest BCUT2D eigenvalue weighted by Crippen LogP contribution is -2.20. The van der Waals surface area contributed by atoms with E-state index >= 15 is 0 Å². The minimum absolute atomic E-state index is 0.123. The highest BCUT2D eigenvalue weighted by atomic mass is 16.7. The molecule has 1 N–H and O–H groups in total. The first-order valence-corrected chi connectivity index (χ1v) is 7.98. The molecule has 3 heterocycles. The molecule has 0 bridgehead atoms. The van der Waals surface area contributed by atoms with Crippen LogP contribution >= 0.6 is 0 Å². The summed E-state index contributed by atoms with van der Waals surface area (Å²) in [5.74, 6) is 3.10. The number of rotatable bonds is 5. The number of nitrogens with one attached hydrogen (secondary N) is 1. The number of hydrogen-bond donors (Lipinski definition) is 1. The van der Waals surface area contributed by atoms with Crippen molar-refractivity contribution in [3.63, 3.8) is 0 Å². The molecule has 0 spiro atoms. The van der Waals surface area contributed by atoms with Crippen LogP contribution in [0.15, 0.2) is 48.9 Å². The third-order valence-electron chi connectivity index (χ3n) is 3.82. The van der Waals surface area contributed by atoms with E-state index in [2.05, 4.69) is 15.3 Å². The second kappa shape index (κ2) is 6.75. The summed E-state index contributed by atoms with van der Waals surface area (Å²) in [5, 5.41) is 2.74. The Kier molecular flexibility index (Phi) is 4.14. The van der Waals surface area contributed by atoms with Gasteiger partial charge in [-0.1, -0.05) is 0 Å². The van der Waals surface area contributed by atoms with Crippen LogP contribution in [0.1, 0.15) is 5.82 Å². The lowest BCUT2D eigenvalue weighted by atomic mass is 10.3. The van der Waals surface area contributed by atoms with Crippen LogP contribution in [0, 0.1) is 6.92 Å². The zero-order valence-electron chi connectivity index (χ0n) is 14.0. The van der Waals surface area contributed by atoms with Gasteiger partial charge in [-0.25, -0.2) is 9.97 Å². The molecular formula is C18H16N4O4. The van der Waals surface area contributed by atoms with Gasteiger partial charge in [0.25, 0.3) is 5.91 Å². The molecule has 26 heavy (non-hydrogen) atoms. The maximum Gasteiger partial charge on any atom is 0.262 e. The number of fused-ring (bicyclic) bond motifs is 1. The van der Waals surface area contributed by atoms with Gasteiger partial charge in [0.2, 0.25) is 6.79 Å². The van der Waals surface area contributed by atoms with Gasteiger partial charge in [0, 0.05) is 18.5 Å². The zero-order chi connectivity index (χ0) is 17.9. The number of carbonyl (C=O) groups is 1. The number of imidazole rings is 1. The van der Waals surface area contributed by atoms with Gasteiger partial charge in [0.15, 0.2) is 18.1 Å². The zero-order valence-corrected chi connectivity index (χ0v) is 14.0. The average molecular weight is 352 g/mol. The summed E-state index contributed by atoms with van der Waals surface area (Å²) in [6, 6.07) is 8.75. The quantitative estimate of drug-likeness (QED) is 0.758. The molecule has 1 aliphatic heterocycles. The third kappa shape index (κ3) is 3.30. The highest BCUT2D eigenvalue weighted by Crippen LogP contribution is 2.35. The maximum atomic E-state index is 12.1. The number of amides is 1. The van der Waals surface area contributed by atoms with Gasteiger partial charge in [-0.2, -0.15) is 0 Å². The molecule has 8 nitrogen and oxygen atoms in total. The van der Waals surface area contributed by atoms with E-state index in [1.807, 2.05) is 23.8 Å². The number of benzene rings is 1. The van der Waals surface area contributed by atoms with Gasteiger partial charge in [0.1, 0.15) is 17.4 Å². The van der Waals surface area contributed by atoms with Crippen molar-refractivity contribution < 1.29 is 19.0 Å². The molecule has 1 aliphatic rings. The lowest BCUT2D eigenvalue weighted by molar-refractivity contribution is -0.118. The Bertz CT molecular complexity index is 937. The van der Waals surface area contributed by atoms with Gasteiger partial charge in [-0.3, -0.25) is 9.36 Å². The summed E-state index contributed by atoms with van der Waals surface area (Å²) in [7, 11) is 0.